The number of hydrogen-bond donors (Lipinski definition) is 1. The summed E-state index contributed by atoms with van der Waals surface area (Å²) in [6.07, 6.45) is 22.6. The third-order valence-electron chi connectivity index (χ3n) is 5.10. The van der Waals surface area contributed by atoms with Gasteiger partial charge in [0.2, 0.25) is 0 Å². The molecule has 0 bridgehead atoms. The fraction of sp³-hybridized carbons (Fsp3) is 0.955. The molecule has 0 unspecified atom stereocenters. The van der Waals surface area contributed by atoms with E-state index in [-0.39, 0.29) is 6.42 Å². The first kappa shape index (κ1) is 24.4. The molecule has 0 atom stereocenters. The first-order chi connectivity index (χ1) is 12.2. The van der Waals surface area contributed by atoms with Crippen LogP contribution in [0.3, 0.4) is 0 Å². The van der Waals surface area contributed by atoms with Crippen LogP contribution in [0.1, 0.15) is 116 Å². The van der Waals surface area contributed by atoms with Crippen LogP contribution in [0.25, 0.3) is 0 Å². The summed E-state index contributed by atoms with van der Waals surface area (Å²) in [4.78, 5) is 12.6. The van der Waals surface area contributed by atoms with Crippen LogP contribution in [-0.2, 0) is 4.79 Å². The van der Waals surface area contributed by atoms with E-state index in [0.29, 0.717) is 6.54 Å². The molecule has 0 aliphatic rings. The molecule has 0 amide bonds. The molecule has 0 fully saturated rings. The van der Waals surface area contributed by atoms with Crippen molar-refractivity contribution in [1.29, 1.82) is 0 Å². The van der Waals surface area contributed by atoms with Crippen molar-refractivity contribution in [2.75, 3.05) is 20.1 Å². The fourth-order valence-corrected chi connectivity index (χ4v) is 3.33. The molecule has 3 heteroatoms. The van der Waals surface area contributed by atoms with Crippen molar-refractivity contribution in [1.82, 2.24) is 4.90 Å². The number of hydrogen-bond acceptors (Lipinski definition) is 2. The van der Waals surface area contributed by atoms with Gasteiger partial charge in [-0.1, -0.05) is 103 Å². The summed E-state index contributed by atoms with van der Waals surface area (Å²) in [6, 6.07) is 0. The number of rotatable bonds is 20. The van der Waals surface area contributed by atoms with E-state index in [2.05, 4.69) is 11.8 Å². The van der Waals surface area contributed by atoms with Crippen LogP contribution in [0.15, 0.2) is 0 Å². The fourth-order valence-electron chi connectivity index (χ4n) is 3.33. The first-order valence-corrected chi connectivity index (χ1v) is 11.1. The number of carboxylic acid groups (broad SMARTS) is 1. The van der Waals surface area contributed by atoms with E-state index < -0.39 is 5.97 Å². The molecular weight excluding hydrogens is 310 g/mol. The zero-order valence-corrected chi connectivity index (χ0v) is 17.2. The standard InChI is InChI=1S/C22H45NO2/c1-3-4-5-6-7-8-9-10-11-12-13-14-15-16-17-18-20-23(2)21-19-22(24)25/h3-21H2,1-2H3,(H,24,25). The summed E-state index contributed by atoms with van der Waals surface area (Å²) in [5.74, 6) is -0.696. The van der Waals surface area contributed by atoms with Crippen LogP contribution in [-0.4, -0.2) is 36.1 Å². The van der Waals surface area contributed by atoms with Crippen molar-refractivity contribution in [2.45, 2.75) is 116 Å². The lowest BCUT2D eigenvalue weighted by atomic mass is 10.0. The van der Waals surface area contributed by atoms with Gasteiger partial charge in [0, 0.05) is 6.54 Å². The normalized spacial score (nSPS) is 11.3. The number of carboxylic acids is 1. The molecule has 0 heterocycles. The monoisotopic (exact) mass is 355 g/mol. The van der Waals surface area contributed by atoms with Gasteiger partial charge in [0.15, 0.2) is 0 Å². The van der Waals surface area contributed by atoms with E-state index >= 15 is 0 Å². The Morgan fingerprint density at radius 2 is 1.00 bits per heavy atom. The molecule has 0 aliphatic carbocycles. The molecule has 0 rings (SSSR count). The lowest BCUT2D eigenvalue weighted by Crippen LogP contribution is -2.22. The van der Waals surface area contributed by atoms with Gasteiger partial charge in [0.25, 0.3) is 0 Å². The van der Waals surface area contributed by atoms with Gasteiger partial charge in [-0.15, -0.1) is 0 Å². The van der Waals surface area contributed by atoms with Gasteiger partial charge in [-0.3, -0.25) is 4.79 Å². The van der Waals surface area contributed by atoms with E-state index in [4.69, 9.17) is 5.11 Å². The van der Waals surface area contributed by atoms with Gasteiger partial charge in [-0.2, -0.15) is 0 Å². The number of nitrogens with zero attached hydrogens (tertiary/aromatic N) is 1. The second kappa shape index (κ2) is 19.8. The SMILES string of the molecule is CCCCCCCCCCCCCCCCCCN(C)CCC(=O)O. The van der Waals surface area contributed by atoms with E-state index in [9.17, 15) is 4.79 Å². The number of unbranched alkanes of at least 4 members (excludes halogenated alkanes) is 15. The lowest BCUT2D eigenvalue weighted by Gasteiger charge is -2.14. The molecule has 0 saturated heterocycles. The predicted molar refractivity (Wildman–Crippen MR) is 109 cm³/mol. The van der Waals surface area contributed by atoms with Crippen molar-refractivity contribution in [3.63, 3.8) is 0 Å². The second-order valence-electron chi connectivity index (χ2n) is 7.75. The molecule has 0 saturated carbocycles. The maximum atomic E-state index is 10.5. The second-order valence-corrected chi connectivity index (χ2v) is 7.75. The summed E-state index contributed by atoms with van der Waals surface area (Å²) >= 11 is 0. The van der Waals surface area contributed by atoms with Crippen molar-refractivity contribution in [2.24, 2.45) is 0 Å². The molecule has 0 aromatic rings. The van der Waals surface area contributed by atoms with Crippen LogP contribution >= 0.6 is 0 Å². The van der Waals surface area contributed by atoms with Crippen molar-refractivity contribution in [3.05, 3.63) is 0 Å². The van der Waals surface area contributed by atoms with Crippen LogP contribution in [0.4, 0.5) is 0 Å². The van der Waals surface area contributed by atoms with Crippen LogP contribution in [0.2, 0.25) is 0 Å². The van der Waals surface area contributed by atoms with Gasteiger partial charge in [0.05, 0.1) is 6.42 Å². The predicted octanol–water partition coefficient (Wildman–Crippen LogP) is 6.65. The van der Waals surface area contributed by atoms with Gasteiger partial charge < -0.3 is 10.0 Å². The Morgan fingerprint density at radius 3 is 1.36 bits per heavy atom. The minimum absolute atomic E-state index is 0.259. The Hall–Kier alpha value is -0.570. The quantitative estimate of drug-likeness (QED) is 0.248. The summed E-state index contributed by atoms with van der Waals surface area (Å²) in [5, 5.41) is 8.65. The topological polar surface area (TPSA) is 40.5 Å². The Morgan fingerprint density at radius 1 is 0.640 bits per heavy atom. The van der Waals surface area contributed by atoms with E-state index in [1.165, 1.54) is 103 Å². The first-order valence-electron chi connectivity index (χ1n) is 11.1. The minimum Gasteiger partial charge on any atom is -0.481 e. The Kier molecular flexibility index (Phi) is 19.3. The highest BCUT2D eigenvalue weighted by molar-refractivity contribution is 5.66. The zero-order chi connectivity index (χ0) is 18.6. The van der Waals surface area contributed by atoms with E-state index in [0.717, 1.165) is 6.54 Å². The Labute approximate surface area is 157 Å². The smallest absolute Gasteiger partial charge is 0.304 e. The molecule has 25 heavy (non-hydrogen) atoms. The number of aliphatic carboxylic acids is 1. The van der Waals surface area contributed by atoms with E-state index in [1.807, 2.05) is 7.05 Å². The van der Waals surface area contributed by atoms with Gasteiger partial charge in [-0.05, 0) is 20.0 Å². The van der Waals surface area contributed by atoms with Gasteiger partial charge >= 0.3 is 5.97 Å². The molecule has 0 spiro atoms. The molecule has 1 N–H and O–H groups in total. The molecule has 3 nitrogen and oxygen atoms in total. The van der Waals surface area contributed by atoms with Crippen LogP contribution in [0, 0.1) is 0 Å². The maximum Gasteiger partial charge on any atom is 0.304 e. The van der Waals surface area contributed by atoms with E-state index in [1.54, 1.807) is 0 Å². The largest absolute Gasteiger partial charge is 0.481 e. The van der Waals surface area contributed by atoms with Gasteiger partial charge in [0.1, 0.15) is 0 Å². The molecule has 0 aliphatic heterocycles. The van der Waals surface area contributed by atoms with Crippen molar-refractivity contribution < 1.29 is 9.90 Å². The highest BCUT2D eigenvalue weighted by atomic mass is 16.4. The highest BCUT2D eigenvalue weighted by Gasteiger charge is 2.02. The zero-order valence-electron chi connectivity index (χ0n) is 17.2. The lowest BCUT2D eigenvalue weighted by molar-refractivity contribution is -0.137. The summed E-state index contributed by atoms with van der Waals surface area (Å²) in [6.45, 7) is 3.99. The molecule has 0 radical (unpaired) electrons. The highest BCUT2D eigenvalue weighted by Crippen LogP contribution is 2.13. The maximum absolute atomic E-state index is 10.5. The molecule has 0 aromatic carbocycles. The third kappa shape index (κ3) is 21.4. The summed E-state index contributed by atoms with van der Waals surface area (Å²) in [5.41, 5.74) is 0. The molecule has 150 valence electrons. The Bertz CT molecular complexity index is 281. The summed E-state index contributed by atoms with van der Waals surface area (Å²) in [7, 11) is 2.02. The average Bonchev–Trinajstić information content (AvgIpc) is 2.59. The molecular formula is C22H45NO2. The van der Waals surface area contributed by atoms with Crippen molar-refractivity contribution >= 4 is 5.97 Å². The average molecular weight is 356 g/mol. The van der Waals surface area contributed by atoms with Crippen LogP contribution < -0.4 is 0 Å². The van der Waals surface area contributed by atoms with Gasteiger partial charge in [-0.25, -0.2) is 0 Å². The number of carbonyl (C=O) groups is 1. The minimum atomic E-state index is -0.696. The molecule has 0 aromatic heterocycles. The summed E-state index contributed by atoms with van der Waals surface area (Å²) < 4.78 is 0. The Balaban J connectivity index is 3.08. The third-order valence-corrected chi connectivity index (χ3v) is 5.10. The van der Waals surface area contributed by atoms with Crippen molar-refractivity contribution in [3.8, 4) is 0 Å². The van der Waals surface area contributed by atoms with Crippen LogP contribution in [0.5, 0.6) is 0 Å².